The number of ether oxygens (including phenoxy) is 1. The Bertz CT molecular complexity index is 1170. The van der Waals surface area contributed by atoms with E-state index in [9.17, 15) is 9.90 Å². The molecule has 0 saturated heterocycles. The quantitative estimate of drug-likeness (QED) is 0.480. The second-order valence-corrected chi connectivity index (χ2v) is 9.21. The monoisotopic (exact) mass is 467 g/mol. The number of aromatic nitrogens is 8. The van der Waals surface area contributed by atoms with Gasteiger partial charge < -0.3 is 15.2 Å². The minimum Gasteiger partial charge on any atom is -0.489 e. The number of pyridine rings is 1. The first-order chi connectivity index (χ1) is 16.5. The maximum Gasteiger partial charge on any atom is 0.306 e. The molecule has 0 amide bonds. The van der Waals surface area contributed by atoms with Gasteiger partial charge >= 0.3 is 5.97 Å². The van der Waals surface area contributed by atoms with E-state index in [1.165, 1.54) is 12.8 Å². The Morgan fingerprint density at radius 2 is 2.06 bits per heavy atom. The van der Waals surface area contributed by atoms with Gasteiger partial charge in [0.05, 0.1) is 35.6 Å². The van der Waals surface area contributed by atoms with Crippen molar-refractivity contribution in [3.8, 4) is 17.1 Å². The Kier molecular flexibility index (Phi) is 6.12. The van der Waals surface area contributed by atoms with Crippen LogP contribution in [0.1, 0.15) is 49.9 Å². The molecule has 3 aromatic rings. The van der Waals surface area contributed by atoms with Crippen LogP contribution in [0.3, 0.4) is 0 Å². The van der Waals surface area contributed by atoms with E-state index < -0.39 is 5.97 Å². The first kappa shape index (κ1) is 22.2. The molecule has 2 N–H and O–H groups in total. The molecular weight excluding hydrogens is 438 g/mol. The molecule has 0 spiro atoms. The number of anilines is 1. The number of hydrogen-bond donors (Lipinski definition) is 2. The minimum absolute atomic E-state index is 0.112. The third-order valence-electron chi connectivity index (χ3n) is 6.57. The molecule has 0 aliphatic heterocycles. The fourth-order valence-electron chi connectivity index (χ4n) is 4.40. The predicted octanol–water partition coefficient (Wildman–Crippen LogP) is 2.22. The van der Waals surface area contributed by atoms with Gasteiger partial charge in [-0.3, -0.25) is 4.79 Å². The van der Waals surface area contributed by atoms with Gasteiger partial charge in [0.1, 0.15) is 11.4 Å². The van der Waals surface area contributed by atoms with E-state index in [-0.39, 0.29) is 12.0 Å². The van der Waals surface area contributed by atoms with Crippen LogP contribution in [-0.4, -0.2) is 57.4 Å². The number of aliphatic carboxylic acids is 1. The first-order valence-corrected chi connectivity index (χ1v) is 11.7. The third kappa shape index (κ3) is 4.85. The molecule has 34 heavy (non-hydrogen) atoms. The Morgan fingerprint density at radius 1 is 1.21 bits per heavy atom. The average molecular weight is 468 g/mol. The van der Waals surface area contributed by atoms with Crippen LogP contribution in [0.2, 0.25) is 0 Å². The zero-order valence-corrected chi connectivity index (χ0v) is 19.4. The molecule has 3 heterocycles. The molecule has 180 valence electrons. The summed E-state index contributed by atoms with van der Waals surface area (Å²) >= 11 is 0. The van der Waals surface area contributed by atoms with E-state index in [1.54, 1.807) is 9.36 Å². The van der Waals surface area contributed by atoms with Crippen LogP contribution in [0.15, 0.2) is 12.1 Å². The summed E-state index contributed by atoms with van der Waals surface area (Å²) in [5, 5.41) is 33.1. The highest BCUT2D eigenvalue weighted by atomic mass is 16.5. The molecule has 0 aromatic carbocycles. The van der Waals surface area contributed by atoms with Crippen molar-refractivity contribution >= 4 is 11.9 Å². The fraction of sp³-hybridized carbons (Fsp3) is 0.591. The predicted molar refractivity (Wildman–Crippen MR) is 121 cm³/mol. The Labute approximate surface area is 196 Å². The molecule has 0 radical (unpaired) electrons. The Balaban J connectivity index is 1.28. The number of rotatable bonds is 9. The summed E-state index contributed by atoms with van der Waals surface area (Å²) in [6.45, 7) is 3.15. The molecule has 2 aliphatic rings. The van der Waals surface area contributed by atoms with Crippen molar-refractivity contribution in [2.75, 3.05) is 5.32 Å². The summed E-state index contributed by atoms with van der Waals surface area (Å²) in [6, 6.07) is 3.74. The van der Waals surface area contributed by atoms with Crippen molar-refractivity contribution in [3.05, 3.63) is 23.5 Å². The van der Waals surface area contributed by atoms with Crippen LogP contribution in [0.25, 0.3) is 11.4 Å². The number of carbonyl (C=O) groups is 1. The van der Waals surface area contributed by atoms with Gasteiger partial charge in [0.2, 0.25) is 5.95 Å². The van der Waals surface area contributed by atoms with Crippen molar-refractivity contribution in [2.45, 2.75) is 64.6 Å². The minimum atomic E-state index is -0.746. The second kappa shape index (κ2) is 9.35. The van der Waals surface area contributed by atoms with Crippen molar-refractivity contribution < 1.29 is 14.6 Å². The van der Waals surface area contributed by atoms with Gasteiger partial charge in [0.15, 0.2) is 0 Å². The van der Waals surface area contributed by atoms with Crippen LogP contribution in [0.4, 0.5) is 5.95 Å². The van der Waals surface area contributed by atoms with Gasteiger partial charge in [-0.1, -0.05) is 10.3 Å². The summed E-state index contributed by atoms with van der Waals surface area (Å²) in [4.78, 5) is 16.1. The molecule has 12 heteroatoms. The van der Waals surface area contributed by atoms with Gasteiger partial charge in [-0.15, -0.1) is 5.10 Å². The zero-order chi connectivity index (χ0) is 23.7. The van der Waals surface area contributed by atoms with Crippen LogP contribution in [0.5, 0.6) is 5.75 Å². The van der Waals surface area contributed by atoms with E-state index in [2.05, 4.69) is 31.2 Å². The fourth-order valence-corrected chi connectivity index (χ4v) is 4.40. The van der Waals surface area contributed by atoms with E-state index >= 15 is 0 Å². The van der Waals surface area contributed by atoms with Crippen molar-refractivity contribution in [1.82, 2.24) is 40.2 Å². The van der Waals surface area contributed by atoms with Gasteiger partial charge in [-0.2, -0.15) is 0 Å². The zero-order valence-electron chi connectivity index (χ0n) is 19.4. The summed E-state index contributed by atoms with van der Waals surface area (Å²) in [7, 11) is 1.84. The lowest BCUT2D eigenvalue weighted by atomic mass is 9.87. The van der Waals surface area contributed by atoms with Crippen LogP contribution < -0.4 is 10.1 Å². The van der Waals surface area contributed by atoms with Gasteiger partial charge in [0.25, 0.3) is 0 Å². The Hall–Kier alpha value is -3.57. The SMILES string of the molecule is Cc1nc(-c2nnn(C)c2CNc2nnnn2CC2CC2)ccc1O[C@H]1CCC[C@H](C(=O)O)C1. The van der Waals surface area contributed by atoms with E-state index in [4.69, 9.17) is 9.72 Å². The normalized spacial score (nSPS) is 20.3. The lowest BCUT2D eigenvalue weighted by Gasteiger charge is -2.27. The number of tetrazole rings is 1. The second-order valence-electron chi connectivity index (χ2n) is 9.21. The van der Waals surface area contributed by atoms with Crippen LogP contribution in [-0.2, 0) is 24.9 Å². The van der Waals surface area contributed by atoms with Crippen molar-refractivity contribution in [3.63, 3.8) is 0 Å². The lowest BCUT2D eigenvalue weighted by Crippen LogP contribution is -2.29. The van der Waals surface area contributed by atoms with E-state index in [0.717, 1.165) is 30.8 Å². The van der Waals surface area contributed by atoms with Crippen molar-refractivity contribution in [2.24, 2.45) is 18.9 Å². The van der Waals surface area contributed by atoms with E-state index in [0.29, 0.717) is 48.4 Å². The third-order valence-corrected chi connectivity index (χ3v) is 6.57. The number of carboxylic acids is 1. The number of hydrogen-bond acceptors (Lipinski definition) is 9. The topological polar surface area (TPSA) is 146 Å². The molecule has 2 atom stereocenters. The van der Waals surface area contributed by atoms with E-state index in [1.807, 2.05) is 26.1 Å². The first-order valence-electron chi connectivity index (χ1n) is 11.7. The maximum absolute atomic E-state index is 11.4. The lowest BCUT2D eigenvalue weighted by molar-refractivity contribution is -0.143. The summed E-state index contributed by atoms with van der Waals surface area (Å²) in [5.74, 6) is 0.867. The molecule has 12 nitrogen and oxygen atoms in total. The van der Waals surface area contributed by atoms with Gasteiger partial charge in [0, 0.05) is 13.6 Å². The highest BCUT2D eigenvalue weighted by Crippen LogP contribution is 2.32. The molecule has 0 unspecified atom stereocenters. The molecule has 2 aliphatic carbocycles. The number of nitrogens with zero attached hydrogens (tertiary/aromatic N) is 8. The highest BCUT2D eigenvalue weighted by molar-refractivity contribution is 5.70. The molecule has 5 rings (SSSR count). The number of aryl methyl sites for hydroxylation is 2. The summed E-state index contributed by atoms with van der Waals surface area (Å²) in [5.41, 5.74) is 2.96. The molecular formula is C22H29N9O3. The standard InChI is InChI=1S/C22H29N9O3/c1-13-19(34-16-5-3-4-15(10-16)21(32)33)9-8-17(24-13)20-18(30(2)28-25-20)11-23-22-26-27-29-31(22)12-14-6-7-14/h8-9,14-16H,3-7,10-12H2,1-2H3,(H,32,33)(H,23,26,29)/t15-,16-/m0/s1. The van der Waals surface area contributed by atoms with Crippen LogP contribution >= 0.6 is 0 Å². The Morgan fingerprint density at radius 3 is 2.82 bits per heavy atom. The van der Waals surface area contributed by atoms with Gasteiger partial charge in [-0.05, 0) is 73.9 Å². The highest BCUT2D eigenvalue weighted by Gasteiger charge is 2.29. The number of nitrogens with one attached hydrogen (secondary N) is 1. The summed E-state index contributed by atoms with van der Waals surface area (Å²) in [6.07, 6.45) is 5.27. The average Bonchev–Trinajstić information content (AvgIpc) is 3.41. The summed E-state index contributed by atoms with van der Waals surface area (Å²) < 4.78 is 9.65. The molecule has 2 saturated carbocycles. The van der Waals surface area contributed by atoms with Crippen molar-refractivity contribution in [1.29, 1.82) is 0 Å². The molecule has 0 bridgehead atoms. The smallest absolute Gasteiger partial charge is 0.306 e. The largest absolute Gasteiger partial charge is 0.489 e. The number of carboxylic acid groups (broad SMARTS) is 1. The molecule has 2 fully saturated rings. The van der Waals surface area contributed by atoms with Crippen LogP contribution in [0, 0.1) is 18.8 Å². The van der Waals surface area contributed by atoms with Gasteiger partial charge in [-0.25, -0.2) is 14.3 Å². The molecule has 3 aromatic heterocycles. The maximum atomic E-state index is 11.4.